The number of rotatable bonds is 3. The zero-order valence-corrected chi connectivity index (χ0v) is 10.1. The van der Waals surface area contributed by atoms with Gasteiger partial charge in [-0.3, -0.25) is 0 Å². The van der Waals surface area contributed by atoms with Crippen LogP contribution < -0.4 is 5.32 Å². The average Bonchev–Trinajstić information content (AvgIpc) is 2.83. The minimum Gasteiger partial charge on any atom is -0.480 e. The van der Waals surface area contributed by atoms with Crippen molar-refractivity contribution in [2.75, 3.05) is 13.7 Å². The lowest BCUT2D eigenvalue weighted by Gasteiger charge is -2.24. The van der Waals surface area contributed by atoms with E-state index in [0.717, 1.165) is 12.8 Å². The molecule has 2 unspecified atom stereocenters. The number of ether oxygens (including phenoxy) is 1. The van der Waals surface area contributed by atoms with Gasteiger partial charge in [0.1, 0.15) is 6.04 Å². The molecule has 0 aromatic heterocycles. The summed E-state index contributed by atoms with van der Waals surface area (Å²) in [5.41, 5.74) is -0.134. The average molecular weight is 242 g/mol. The highest BCUT2D eigenvalue weighted by molar-refractivity contribution is 5.84. The third-order valence-corrected chi connectivity index (χ3v) is 3.55. The highest BCUT2D eigenvalue weighted by Crippen LogP contribution is 2.35. The molecule has 2 atom stereocenters. The molecule has 0 aromatic carbocycles. The Kier molecular flexibility index (Phi) is 2.99. The van der Waals surface area contributed by atoms with Gasteiger partial charge in [0.05, 0.1) is 6.10 Å². The van der Waals surface area contributed by atoms with Crippen LogP contribution in [0.2, 0.25) is 0 Å². The number of carboxylic acid groups (broad SMARTS) is 1. The van der Waals surface area contributed by atoms with Gasteiger partial charge in [-0.15, -0.1) is 0 Å². The largest absolute Gasteiger partial charge is 0.480 e. The lowest BCUT2D eigenvalue weighted by Crippen LogP contribution is -2.49. The lowest BCUT2D eigenvalue weighted by atomic mass is 10.2. The van der Waals surface area contributed by atoms with E-state index in [4.69, 9.17) is 9.84 Å². The minimum atomic E-state index is -0.972. The van der Waals surface area contributed by atoms with Gasteiger partial charge in [0.2, 0.25) is 0 Å². The van der Waals surface area contributed by atoms with Gasteiger partial charge in [-0.1, -0.05) is 0 Å². The first-order valence-electron chi connectivity index (χ1n) is 5.79. The summed E-state index contributed by atoms with van der Waals surface area (Å²) in [5.74, 6) is -0.972. The van der Waals surface area contributed by atoms with Crippen LogP contribution in [0.15, 0.2) is 0 Å². The Labute approximate surface area is 99.9 Å². The molecule has 2 N–H and O–H groups in total. The highest BCUT2D eigenvalue weighted by Gasteiger charge is 2.44. The van der Waals surface area contributed by atoms with Crippen molar-refractivity contribution >= 4 is 12.0 Å². The van der Waals surface area contributed by atoms with E-state index in [-0.39, 0.29) is 17.7 Å². The Morgan fingerprint density at radius 1 is 1.47 bits per heavy atom. The number of nitrogens with zero attached hydrogens (tertiary/aromatic N) is 1. The first-order chi connectivity index (χ1) is 7.95. The number of hydrogen-bond donors (Lipinski definition) is 2. The van der Waals surface area contributed by atoms with Crippen molar-refractivity contribution < 1.29 is 19.4 Å². The molecule has 1 saturated carbocycles. The van der Waals surface area contributed by atoms with Crippen molar-refractivity contribution in [2.24, 2.45) is 0 Å². The minimum absolute atomic E-state index is 0.134. The number of carbonyl (C=O) groups excluding carboxylic acids is 1. The van der Waals surface area contributed by atoms with Crippen LogP contribution in [-0.4, -0.2) is 53.3 Å². The van der Waals surface area contributed by atoms with Crippen molar-refractivity contribution in [3.8, 4) is 0 Å². The maximum atomic E-state index is 12.0. The summed E-state index contributed by atoms with van der Waals surface area (Å²) in [6, 6.07) is -1.07. The van der Waals surface area contributed by atoms with Gasteiger partial charge in [0, 0.05) is 25.6 Å². The topological polar surface area (TPSA) is 78.9 Å². The molecule has 6 heteroatoms. The van der Waals surface area contributed by atoms with Crippen LogP contribution in [0.3, 0.4) is 0 Å². The number of nitrogens with one attached hydrogen (secondary N) is 1. The lowest BCUT2D eigenvalue weighted by molar-refractivity contribution is -0.141. The van der Waals surface area contributed by atoms with Crippen molar-refractivity contribution in [1.82, 2.24) is 10.2 Å². The van der Waals surface area contributed by atoms with Gasteiger partial charge in [-0.2, -0.15) is 0 Å². The molecule has 2 rings (SSSR count). The smallest absolute Gasteiger partial charge is 0.326 e. The number of aliphatic carboxylic acids is 1. The molecule has 0 aromatic rings. The van der Waals surface area contributed by atoms with Crippen LogP contribution in [-0.2, 0) is 9.53 Å². The Balaban J connectivity index is 2.01. The highest BCUT2D eigenvalue weighted by atomic mass is 16.5. The number of methoxy groups -OCH3 is 1. The van der Waals surface area contributed by atoms with Gasteiger partial charge >= 0.3 is 12.0 Å². The summed E-state index contributed by atoms with van der Waals surface area (Å²) >= 11 is 0. The molecule has 0 radical (unpaired) electrons. The number of hydrogen-bond acceptors (Lipinski definition) is 3. The van der Waals surface area contributed by atoms with Crippen molar-refractivity contribution in [3.63, 3.8) is 0 Å². The molecule has 1 aliphatic carbocycles. The fourth-order valence-electron chi connectivity index (χ4n) is 2.07. The van der Waals surface area contributed by atoms with Crippen LogP contribution in [0.1, 0.15) is 26.2 Å². The van der Waals surface area contributed by atoms with Crippen molar-refractivity contribution in [1.29, 1.82) is 0 Å². The second-order valence-electron chi connectivity index (χ2n) is 5.09. The molecule has 1 saturated heterocycles. The summed E-state index contributed by atoms with van der Waals surface area (Å²) in [5, 5.41) is 12.0. The number of carboxylic acids is 1. The first-order valence-corrected chi connectivity index (χ1v) is 5.79. The standard InChI is InChI=1S/C11H18N2O4/c1-11(3-4-11)12-10(16)13-6-7(17-2)5-8(13)9(14)15/h7-8H,3-6H2,1-2H3,(H,12,16)(H,14,15). The molecular formula is C11H18N2O4. The number of amides is 2. The fourth-order valence-corrected chi connectivity index (χ4v) is 2.07. The summed E-state index contributed by atoms with van der Waals surface area (Å²) in [4.78, 5) is 24.4. The fraction of sp³-hybridized carbons (Fsp3) is 0.818. The third kappa shape index (κ3) is 2.52. The predicted molar refractivity (Wildman–Crippen MR) is 59.7 cm³/mol. The summed E-state index contributed by atoms with van der Waals surface area (Å²) < 4.78 is 5.13. The first kappa shape index (κ1) is 12.2. The number of carbonyl (C=O) groups is 2. The van der Waals surface area contributed by atoms with E-state index in [0.29, 0.717) is 13.0 Å². The molecule has 2 aliphatic rings. The molecule has 17 heavy (non-hydrogen) atoms. The van der Waals surface area contributed by atoms with E-state index in [2.05, 4.69) is 5.32 Å². The molecule has 0 spiro atoms. The molecular weight excluding hydrogens is 224 g/mol. The van der Waals surface area contributed by atoms with E-state index in [1.165, 1.54) is 12.0 Å². The molecule has 96 valence electrons. The SMILES string of the molecule is COC1CC(C(=O)O)N(C(=O)NC2(C)CC2)C1. The van der Waals surface area contributed by atoms with Gasteiger partial charge in [-0.25, -0.2) is 9.59 Å². The Bertz CT molecular complexity index is 340. The van der Waals surface area contributed by atoms with E-state index in [1.807, 2.05) is 6.92 Å². The quantitative estimate of drug-likeness (QED) is 0.752. The Hall–Kier alpha value is -1.30. The normalized spacial score (nSPS) is 30.1. The van der Waals surface area contributed by atoms with E-state index < -0.39 is 12.0 Å². The van der Waals surface area contributed by atoms with Crippen LogP contribution >= 0.6 is 0 Å². The van der Waals surface area contributed by atoms with Crippen LogP contribution in [0.4, 0.5) is 4.79 Å². The molecule has 1 aliphatic heterocycles. The molecule has 2 fully saturated rings. The van der Waals surface area contributed by atoms with Crippen molar-refractivity contribution in [3.05, 3.63) is 0 Å². The monoisotopic (exact) mass is 242 g/mol. The zero-order chi connectivity index (χ0) is 12.6. The number of urea groups is 1. The molecule has 2 amide bonds. The second kappa shape index (κ2) is 4.18. The van der Waals surface area contributed by atoms with Gasteiger partial charge in [-0.05, 0) is 19.8 Å². The maximum absolute atomic E-state index is 12.0. The van der Waals surface area contributed by atoms with Crippen LogP contribution in [0.5, 0.6) is 0 Å². The van der Waals surface area contributed by atoms with E-state index in [9.17, 15) is 9.59 Å². The molecule has 0 bridgehead atoms. The Morgan fingerprint density at radius 2 is 2.12 bits per heavy atom. The van der Waals surface area contributed by atoms with Crippen LogP contribution in [0.25, 0.3) is 0 Å². The second-order valence-corrected chi connectivity index (χ2v) is 5.09. The summed E-state index contributed by atoms with van der Waals surface area (Å²) in [7, 11) is 1.53. The maximum Gasteiger partial charge on any atom is 0.326 e. The van der Waals surface area contributed by atoms with Crippen molar-refractivity contribution in [2.45, 2.75) is 43.9 Å². The zero-order valence-electron chi connectivity index (χ0n) is 10.1. The predicted octanol–water partition coefficient (Wildman–Crippen LogP) is 0.422. The van der Waals surface area contributed by atoms with Crippen LogP contribution in [0, 0.1) is 0 Å². The van der Waals surface area contributed by atoms with Gasteiger partial charge < -0.3 is 20.1 Å². The molecule has 1 heterocycles. The third-order valence-electron chi connectivity index (χ3n) is 3.55. The van der Waals surface area contributed by atoms with Gasteiger partial charge in [0.15, 0.2) is 0 Å². The summed E-state index contributed by atoms with van der Waals surface area (Å²) in [6.07, 6.45) is 2.08. The molecule has 6 nitrogen and oxygen atoms in total. The van der Waals surface area contributed by atoms with E-state index in [1.54, 1.807) is 0 Å². The summed E-state index contributed by atoms with van der Waals surface area (Å²) in [6.45, 7) is 2.31. The number of likely N-dealkylation sites (tertiary alicyclic amines) is 1. The Morgan fingerprint density at radius 3 is 2.59 bits per heavy atom. The van der Waals surface area contributed by atoms with E-state index >= 15 is 0 Å². The van der Waals surface area contributed by atoms with Gasteiger partial charge in [0.25, 0.3) is 0 Å².